The van der Waals surface area contributed by atoms with Crippen LogP contribution in [0.25, 0.3) is 11.8 Å². The summed E-state index contributed by atoms with van der Waals surface area (Å²) in [7, 11) is 0. The first-order chi connectivity index (χ1) is 6.24. The highest BCUT2D eigenvalue weighted by Gasteiger charge is 2.21. The van der Waals surface area contributed by atoms with Crippen LogP contribution in [0, 0.1) is 0 Å². The van der Waals surface area contributed by atoms with E-state index in [1.54, 1.807) is 10.6 Å². The molecule has 1 aromatic rings. The number of fused-ring (bicyclic) bond motifs is 1. The van der Waals surface area contributed by atoms with E-state index >= 15 is 0 Å². The molecule has 0 atom stereocenters. The molecule has 1 aromatic heterocycles. The summed E-state index contributed by atoms with van der Waals surface area (Å²) >= 11 is 0. The first-order valence-corrected chi connectivity index (χ1v) is 3.90. The number of hydrogen-bond acceptors (Lipinski definition) is 2. The summed E-state index contributed by atoms with van der Waals surface area (Å²) in [4.78, 5) is 15.4. The molecular formula is C9H9N3O. The van der Waals surface area contributed by atoms with Crippen LogP contribution in [-0.4, -0.2) is 22.0 Å². The third kappa shape index (κ3) is 0.989. The Morgan fingerprint density at radius 1 is 1.69 bits per heavy atom. The highest BCUT2D eigenvalue weighted by atomic mass is 16.2. The number of aromatic nitrogens is 2. The molecule has 0 bridgehead atoms. The molecule has 0 aliphatic carbocycles. The second-order valence-corrected chi connectivity index (χ2v) is 2.79. The maximum Gasteiger partial charge on any atom is 0.270 e. The summed E-state index contributed by atoms with van der Waals surface area (Å²) in [5.74, 6) is 0.544. The predicted octanol–water partition coefficient (Wildman–Crippen LogP) is 0.740. The summed E-state index contributed by atoms with van der Waals surface area (Å²) in [5, 5.41) is 2.69. The molecule has 0 radical (unpaired) electrons. The molecule has 0 saturated heterocycles. The van der Waals surface area contributed by atoms with Gasteiger partial charge in [0.25, 0.3) is 5.91 Å². The Balaban J connectivity index is 2.66. The van der Waals surface area contributed by atoms with E-state index in [-0.39, 0.29) is 5.91 Å². The van der Waals surface area contributed by atoms with Crippen LogP contribution in [0.3, 0.4) is 0 Å². The molecule has 0 unspecified atom stereocenters. The smallest absolute Gasteiger partial charge is 0.270 e. The molecule has 0 fully saturated rings. The normalized spacial score (nSPS) is 15.1. The average Bonchev–Trinajstić information content (AvgIpc) is 2.56. The molecule has 13 heavy (non-hydrogen) atoms. The first kappa shape index (κ1) is 7.79. The van der Waals surface area contributed by atoms with Crippen LogP contribution in [0.2, 0.25) is 0 Å². The van der Waals surface area contributed by atoms with Crippen molar-refractivity contribution in [1.82, 2.24) is 14.9 Å². The van der Waals surface area contributed by atoms with Crippen molar-refractivity contribution in [2.24, 2.45) is 0 Å². The number of carbonyl (C=O) groups is 1. The molecule has 66 valence electrons. The van der Waals surface area contributed by atoms with Gasteiger partial charge in [-0.1, -0.05) is 13.2 Å². The van der Waals surface area contributed by atoms with Crippen LogP contribution in [0.5, 0.6) is 0 Å². The standard InChI is InChI=1S/C9H9N3O/c1-3-8-10-5-7-9(13)11-4-6(2)12(7)8/h3,5H,1-2,4H2,(H,11,13). The van der Waals surface area contributed by atoms with Crippen LogP contribution in [-0.2, 0) is 0 Å². The van der Waals surface area contributed by atoms with Gasteiger partial charge < -0.3 is 5.32 Å². The number of carbonyl (C=O) groups excluding carboxylic acids is 1. The quantitative estimate of drug-likeness (QED) is 0.684. The molecule has 1 aliphatic rings. The molecule has 1 aliphatic heterocycles. The first-order valence-electron chi connectivity index (χ1n) is 3.90. The largest absolute Gasteiger partial charge is 0.345 e. The number of hydrogen-bond donors (Lipinski definition) is 1. The minimum absolute atomic E-state index is 0.118. The topological polar surface area (TPSA) is 46.9 Å². The van der Waals surface area contributed by atoms with Gasteiger partial charge in [-0.25, -0.2) is 4.98 Å². The van der Waals surface area contributed by atoms with Gasteiger partial charge in [0.2, 0.25) is 0 Å². The highest BCUT2D eigenvalue weighted by Crippen LogP contribution is 2.16. The van der Waals surface area contributed by atoms with E-state index in [0.717, 1.165) is 5.70 Å². The lowest BCUT2D eigenvalue weighted by molar-refractivity contribution is 0.0945. The lowest BCUT2D eigenvalue weighted by Gasteiger charge is -2.18. The van der Waals surface area contributed by atoms with Gasteiger partial charge in [-0.2, -0.15) is 0 Å². The number of nitrogens with one attached hydrogen (secondary N) is 1. The van der Waals surface area contributed by atoms with E-state index in [1.165, 1.54) is 6.20 Å². The Hall–Kier alpha value is -1.84. The van der Waals surface area contributed by atoms with Crippen molar-refractivity contribution in [2.45, 2.75) is 0 Å². The Kier molecular flexibility index (Phi) is 1.55. The van der Waals surface area contributed by atoms with E-state index in [9.17, 15) is 4.79 Å². The Morgan fingerprint density at radius 3 is 3.15 bits per heavy atom. The second-order valence-electron chi connectivity index (χ2n) is 2.79. The van der Waals surface area contributed by atoms with E-state index in [1.807, 2.05) is 0 Å². The van der Waals surface area contributed by atoms with Gasteiger partial charge >= 0.3 is 0 Å². The van der Waals surface area contributed by atoms with Crippen molar-refractivity contribution >= 4 is 17.7 Å². The zero-order valence-electron chi connectivity index (χ0n) is 7.08. The number of amides is 1. The van der Waals surface area contributed by atoms with Gasteiger partial charge in [0.15, 0.2) is 0 Å². The van der Waals surface area contributed by atoms with Crippen molar-refractivity contribution in [3.8, 4) is 0 Å². The third-order valence-corrected chi connectivity index (χ3v) is 1.97. The summed E-state index contributed by atoms with van der Waals surface area (Å²) in [6, 6.07) is 0. The van der Waals surface area contributed by atoms with E-state index in [0.29, 0.717) is 18.1 Å². The summed E-state index contributed by atoms with van der Waals surface area (Å²) in [6.45, 7) is 7.91. The summed E-state index contributed by atoms with van der Waals surface area (Å²) in [6.07, 6.45) is 3.13. The minimum atomic E-state index is -0.118. The molecule has 2 heterocycles. The fourth-order valence-corrected chi connectivity index (χ4v) is 1.35. The van der Waals surface area contributed by atoms with E-state index in [4.69, 9.17) is 0 Å². The molecule has 0 aromatic carbocycles. The molecular weight excluding hydrogens is 166 g/mol. The zero-order chi connectivity index (χ0) is 9.42. The van der Waals surface area contributed by atoms with E-state index in [2.05, 4.69) is 23.5 Å². The molecule has 2 rings (SSSR count). The average molecular weight is 175 g/mol. The molecule has 4 heteroatoms. The van der Waals surface area contributed by atoms with Crippen molar-refractivity contribution < 1.29 is 4.79 Å². The molecule has 1 N–H and O–H groups in total. The van der Waals surface area contributed by atoms with Gasteiger partial charge in [0.05, 0.1) is 12.7 Å². The fraction of sp³-hybridized carbons (Fsp3) is 0.111. The third-order valence-electron chi connectivity index (χ3n) is 1.97. The SMILES string of the molecule is C=Cc1ncc2n1C(=C)CNC2=O. The number of rotatable bonds is 1. The second kappa shape index (κ2) is 2.58. The van der Waals surface area contributed by atoms with Gasteiger partial charge in [-0.3, -0.25) is 9.36 Å². The number of nitrogens with zero attached hydrogens (tertiary/aromatic N) is 2. The molecule has 0 spiro atoms. The molecule has 1 amide bonds. The fourth-order valence-electron chi connectivity index (χ4n) is 1.35. The Morgan fingerprint density at radius 2 is 2.46 bits per heavy atom. The summed E-state index contributed by atoms with van der Waals surface area (Å²) in [5.41, 5.74) is 1.33. The van der Waals surface area contributed by atoms with Gasteiger partial charge in [0.1, 0.15) is 11.5 Å². The number of imidazole rings is 1. The van der Waals surface area contributed by atoms with Crippen molar-refractivity contribution in [2.75, 3.05) is 6.54 Å². The molecule has 4 nitrogen and oxygen atoms in total. The zero-order valence-corrected chi connectivity index (χ0v) is 7.08. The van der Waals surface area contributed by atoms with Crippen LogP contribution in [0.15, 0.2) is 19.4 Å². The van der Waals surface area contributed by atoms with Crippen molar-refractivity contribution in [3.63, 3.8) is 0 Å². The van der Waals surface area contributed by atoms with Crippen LogP contribution < -0.4 is 5.32 Å². The van der Waals surface area contributed by atoms with Crippen molar-refractivity contribution in [3.05, 3.63) is 30.9 Å². The maximum atomic E-state index is 11.3. The van der Waals surface area contributed by atoms with Crippen LogP contribution in [0.4, 0.5) is 0 Å². The van der Waals surface area contributed by atoms with Gasteiger partial charge in [-0.15, -0.1) is 0 Å². The monoisotopic (exact) mass is 175 g/mol. The Labute approximate surface area is 75.6 Å². The van der Waals surface area contributed by atoms with Gasteiger partial charge in [0, 0.05) is 5.70 Å². The lowest BCUT2D eigenvalue weighted by Crippen LogP contribution is -2.34. The lowest BCUT2D eigenvalue weighted by atomic mass is 10.3. The maximum absolute atomic E-state index is 11.3. The highest BCUT2D eigenvalue weighted by molar-refractivity contribution is 5.96. The van der Waals surface area contributed by atoms with Crippen LogP contribution >= 0.6 is 0 Å². The van der Waals surface area contributed by atoms with Gasteiger partial charge in [-0.05, 0) is 6.08 Å². The Bertz CT molecular complexity index is 403. The predicted molar refractivity (Wildman–Crippen MR) is 50.0 cm³/mol. The van der Waals surface area contributed by atoms with E-state index < -0.39 is 0 Å². The summed E-state index contributed by atoms with van der Waals surface area (Å²) < 4.78 is 1.71. The molecule has 0 saturated carbocycles. The van der Waals surface area contributed by atoms with Crippen molar-refractivity contribution in [1.29, 1.82) is 0 Å². The minimum Gasteiger partial charge on any atom is -0.345 e. The van der Waals surface area contributed by atoms with Crippen LogP contribution in [0.1, 0.15) is 16.3 Å².